The Hall–Kier alpha value is -1.36. The van der Waals surface area contributed by atoms with Gasteiger partial charge in [0.2, 0.25) is 0 Å². The Bertz CT molecular complexity index is 360. The van der Waals surface area contributed by atoms with Crippen molar-refractivity contribution in [1.82, 2.24) is 9.55 Å². The van der Waals surface area contributed by atoms with Crippen molar-refractivity contribution in [1.29, 1.82) is 0 Å². The molecule has 0 unspecified atom stereocenters. The highest BCUT2D eigenvalue weighted by Gasteiger charge is 2.01. The van der Waals surface area contributed by atoms with Crippen LogP contribution in [0.5, 0.6) is 0 Å². The van der Waals surface area contributed by atoms with Crippen LogP contribution < -0.4 is 11.2 Å². The van der Waals surface area contributed by atoms with Gasteiger partial charge in [0, 0.05) is 19.7 Å². The lowest BCUT2D eigenvalue weighted by atomic mass is 10.4. The third-order valence-corrected chi connectivity index (χ3v) is 1.69. The Morgan fingerprint density at radius 3 is 2.69 bits per heavy atom. The number of ether oxygens (including phenoxy) is 1. The van der Waals surface area contributed by atoms with Gasteiger partial charge in [-0.15, -0.1) is 0 Å². The summed E-state index contributed by atoms with van der Waals surface area (Å²) < 4.78 is 5.92. The van der Waals surface area contributed by atoms with Crippen LogP contribution in [-0.2, 0) is 17.9 Å². The number of nitrogens with zero attached hydrogens (tertiary/aromatic N) is 1. The summed E-state index contributed by atoms with van der Waals surface area (Å²) in [6.07, 6.45) is 0. The summed E-state index contributed by atoms with van der Waals surface area (Å²) in [7, 11) is 1.50. The van der Waals surface area contributed by atoms with Gasteiger partial charge in [0.25, 0.3) is 5.56 Å². The van der Waals surface area contributed by atoms with Gasteiger partial charge < -0.3 is 9.72 Å². The number of aromatic amines is 1. The van der Waals surface area contributed by atoms with Gasteiger partial charge in [0.05, 0.1) is 12.3 Å². The lowest BCUT2D eigenvalue weighted by Crippen LogP contribution is -2.34. The number of nitrogens with one attached hydrogen (secondary N) is 1. The van der Waals surface area contributed by atoms with Crippen LogP contribution in [0, 0.1) is 0 Å². The van der Waals surface area contributed by atoms with Gasteiger partial charge in [-0.05, 0) is 6.92 Å². The molecule has 1 rings (SSSR count). The van der Waals surface area contributed by atoms with Gasteiger partial charge in [0.1, 0.15) is 0 Å². The third-order valence-electron chi connectivity index (χ3n) is 1.69. The van der Waals surface area contributed by atoms with E-state index < -0.39 is 0 Å². The summed E-state index contributed by atoms with van der Waals surface area (Å²) in [5, 5.41) is 0. The molecule has 5 nitrogen and oxygen atoms in total. The molecule has 1 heterocycles. The van der Waals surface area contributed by atoms with Crippen LogP contribution in [0.15, 0.2) is 15.7 Å². The van der Waals surface area contributed by atoms with Crippen LogP contribution >= 0.6 is 0 Å². The maximum absolute atomic E-state index is 11.3. The second-order valence-corrected chi connectivity index (χ2v) is 2.62. The fourth-order valence-corrected chi connectivity index (χ4v) is 1.10. The lowest BCUT2D eigenvalue weighted by molar-refractivity contribution is 0.180. The summed E-state index contributed by atoms with van der Waals surface area (Å²) in [4.78, 5) is 25.0. The molecule has 0 aliphatic rings. The van der Waals surface area contributed by atoms with Crippen molar-refractivity contribution in [2.75, 3.05) is 7.11 Å². The molecule has 0 aromatic carbocycles. The summed E-state index contributed by atoms with van der Waals surface area (Å²) in [5.74, 6) is 0. The highest BCUT2D eigenvalue weighted by Crippen LogP contribution is 1.87. The quantitative estimate of drug-likeness (QED) is 0.701. The van der Waals surface area contributed by atoms with E-state index in [9.17, 15) is 9.59 Å². The van der Waals surface area contributed by atoms with Crippen molar-refractivity contribution in [2.24, 2.45) is 0 Å². The zero-order valence-corrected chi connectivity index (χ0v) is 7.66. The van der Waals surface area contributed by atoms with E-state index in [4.69, 9.17) is 4.74 Å². The largest absolute Gasteiger partial charge is 0.378 e. The maximum atomic E-state index is 11.3. The minimum Gasteiger partial charge on any atom is -0.378 e. The molecule has 0 saturated carbocycles. The van der Waals surface area contributed by atoms with E-state index in [0.717, 1.165) is 4.57 Å². The first kappa shape index (κ1) is 9.73. The number of methoxy groups -OCH3 is 1. The number of H-pyrrole nitrogens is 1. The Morgan fingerprint density at radius 1 is 1.54 bits per heavy atom. The van der Waals surface area contributed by atoms with Crippen LogP contribution in [0.4, 0.5) is 0 Å². The van der Waals surface area contributed by atoms with Crippen molar-refractivity contribution in [2.45, 2.75) is 20.1 Å². The Morgan fingerprint density at radius 2 is 2.23 bits per heavy atom. The van der Waals surface area contributed by atoms with Gasteiger partial charge in [-0.3, -0.25) is 9.36 Å². The predicted octanol–water partition coefficient (Wildman–Crippen LogP) is -0.297. The fraction of sp³-hybridized carbons (Fsp3) is 0.500. The molecule has 1 aromatic heterocycles. The summed E-state index contributed by atoms with van der Waals surface area (Å²) in [6.45, 7) is 2.36. The van der Waals surface area contributed by atoms with Crippen molar-refractivity contribution < 1.29 is 4.74 Å². The van der Waals surface area contributed by atoms with E-state index >= 15 is 0 Å². The van der Waals surface area contributed by atoms with Crippen LogP contribution in [0.3, 0.4) is 0 Å². The first-order valence-corrected chi connectivity index (χ1v) is 4.01. The monoisotopic (exact) mass is 184 g/mol. The molecule has 72 valence electrons. The highest BCUT2D eigenvalue weighted by molar-refractivity contribution is 4.98. The Balaban J connectivity index is 3.21. The molecule has 0 spiro atoms. The van der Waals surface area contributed by atoms with E-state index in [1.165, 1.54) is 13.2 Å². The second kappa shape index (κ2) is 4.04. The second-order valence-electron chi connectivity index (χ2n) is 2.62. The Labute approximate surface area is 75.0 Å². The van der Waals surface area contributed by atoms with Gasteiger partial charge in [-0.25, -0.2) is 4.79 Å². The third kappa shape index (κ3) is 2.06. The summed E-state index contributed by atoms with van der Waals surface area (Å²) >= 11 is 0. The van der Waals surface area contributed by atoms with E-state index in [2.05, 4.69) is 4.98 Å². The van der Waals surface area contributed by atoms with Crippen molar-refractivity contribution in [3.05, 3.63) is 32.6 Å². The highest BCUT2D eigenvalue weighted by atomic mass is 16.5. The van der Waals surface area contributed by atoms with Gasteiger partial charge in [-0.1, -0.05) is 0 Å². The molecule has 0 bridgehead atoms. The molecule has 13 heavy (non-hydrogen) atoms. The predicted molar refractivity (Wildman–Crippen MR) is 47.7 cm³/mol. The first-order chi connectivity index (χ1) is 6.19. The number of rotatable bonds is 3. The molecule has 0 amide bonds. The normalized spacial score (nSPS) is 10.3. The topological polar surface area (TPSA) is 64.1 Å². The molecule has 5 heteroatoms. The molecule has 0 atom stereocenters. The lowest BCUT2D eigenvalue weighted by Gasteiger charge is -2.02. The summed E-state index contributed by atoms with van der Waals surface area (Å²) in [6, 6.07) is 1.37. The van der Waals surface area contributed by atoms with E-state index in [1.54, 1.807) is 6.92 Å². The smallest absolute Gasteiger partial charge is 0.328 e. The van der Waals surface area contributed by atoms with E-state index in [1.807, 2.05) is 0 Å². The van der Waals surface area contributed by atoms with Crippen LogP contribution in [-0.4, -0.2) is 16.7 Å². The molecule has 0 aliphatic carbocycles. The number of hydrogen-bond donors (Lipinski definition) is 1. The molecule has 0 fully saturated rings. The van der Waals surface area contributed by atoms with Gasteiger partial charge in [-0.2, -0.15) is 0 Å². The average Bonchev–Trinajstić information content (AvgIpc) is 2.04. The minimum absolute atomic E-state index is 0.245. The SMILES string of the molecule is CCn1c(=O)cc(COC)[nH]c1=O. The van der Waals surface area contributed by atoms with E-state index in [-0.39, 0.29) is 17.9 Å². The van der Waals surface area contributed by atoms with Gasteiger partial charge >= 0.3 is 5.69 Å². The van der Waals surface area contributed by atoms with Crippen LogP contribution in [0.2, 0.25) is 0 Å². The molecule has 1 aromatic rings. The van der Waals surface area contributed by atoms with Crippen LogP contribution in [0.1, 0.15) is 12.6 Å². The molecule has 1 N–H and O–H groups in total. The minimum atomic E-state index is -0.387. The first-order valence-electron chi connectivity index (χ1n) is 4.01. The molecular formula is C8H12N2O3. The van der Waals surface area contributed by atoms with Crippen molar-refractivity contribution >= 4 is 0 Å². The van der Waals surface area contributed by atoms with Crippen molar-refractivity contribution in [3.63, 3.8) is 0 Å². The number of aromatic nitrogens is 2. The zero-order chi connectivity index (χ0) is 9.84. The molecular weight excluding hydrogens is 172 g/mol. The van der Waals surface area contributed by atoms with E-state index in [0.29, 0.717) is 12.2 Å². The Kier molecular flexibility index (Phi) is 3.02. The molecule has 0 radical (unpaired) electrons. The molecule has 0 saturated heterocycles. The average molecular weight is 184 g/mol. The standard InChI is InChI=1S/C8H12N2O3/c1-3-10-7(11)4-6(5-13-2)9-8(10)12/h4H,3,5H2,1-2H3,(H,9,12). The summed E-state index contributed by atoms with van der Waals surface area (Å²) in [5.41, 5.74) is -0.178. The van der Waals surface area contributed by atoms with Crippen LogP contribution in [0.25, 0.3) is 0 Å². The molecule has 0 aliphatic heterocycles. The maximum Gasteiger partial charge on any atom is 0.328 e. The zero-order valence-electron chi connectivity index (χ0n) is 7.66. The fourth-order valence-electron chi connectivity index (χ4n) is 1.10. The van der Waals surface area contributed by atoms with Gasteiger partial charge in [0.15, 0.2) is 0 Å². The van der Waals surface area contributed by atoms with Crippen molar-refractivity contribution in [3.8, 4) is 0 Å². The number of hydrogen-bond acceptors (Lipinski definition) is 3.